The van der Waals surface area contributed by atoms with E-state index in [1.54, 1.807) is 16.4 Å². The van der Waals surface area contributed by atoms with Crippen molar-refractivity contribution in [2.75, 3.05) is 32.1 Å². The van der Waals surface area contributed by atoms with Crippen LogP contribution >= 0.6 is 0 Å². The molecular weight excluding hydrogens is 304 g/mol. The van der Waals surface area contributed by atoms with Crippen molar-refractivity contribution in [2.24, 2.45) is 5.92 Å². The Labute approximate surface area is 131 Å². The predicted molar refractivity (Wildman–Crippen MR) is 84.1 cm³/mol. The molecule has 7 heteroatoms. The van der Waals surface area contributed by atoms with E-state index < -0.39 is 10.0 Å². The molecule has 2 rings (SSSR count). The van der Waals surface area contributed by atoms with E-state index in [1.165, 1.54) is 19.2 Å². The fourth-order valence-electron chi connectivity index (χ4n) is 2.55. The van der Waals surface area contributed by atoms with E-state index in [1.807, 2.05) is 0 Å². The molecule has 1 atom stereocenters. The van der Waals surface area contributed by atoms with Crippen LogP contribution in [0.25, 0.3) is 0 Å². The van der Waals surface area contributed by atoms with Crippen LogP contribution in [-0.4, -0.2) is 45.4 Å². The summed E-state index contributed by atoms with van der Waals surface area (Å²) in [4.78, 5) is 11.7. The number of amides is 1. The molecule has 1 amide bonds. The Kier molecular flexibility index (Phi) is 5.55. The first-order chi connectivity index (χ1) is 10.4. The monoisotopic (exact) mass is 326 g/mol. The molecule has 6 nitrogen and oxygen atoms in total. The molecule has 0 unspecified atom stereocenters. The first-order valence-electron chi connectivity index (χ1n) is 7.32. The van der Waals surface area contributed by atoms with Crippen LogP contribution in [-0.2, 0) is 19.6 Å². The number of carbonyl (C=O) groups is 1. The van der Waals surface area contributed by atoms with Gasteiger partial charge in [0.1, 0.15) is 6.61 Å². The number of piperidine rings is 1. The summed E-state index contributed by atoms with van der Waals surface area (Å²) in [5.74, 6) is 0.110. The highest BCUT2D eigenvalue weighted by molar-refractivity contribution is 7.89. The van der Waals surface area contributed by atoms with E-state index in [9.17, 15) is 13.2 Å². The molecule has 1 saturated heterocycles. The first-order valence-corrected chi connectivity index (χ1v) is 8.76. The van der Waals surface area contributed by atoms with Gasteiger partial charge in [-0.25, -0.2) is 8.42 Å². The molecular formula is C15H22N2O4S. The van der Waals surface area contributed by atoms with Crippen LogP contribution in [0.4, 0.5) is 5.69 Å². The maximum atomic E-state index is 12.6. The Morgan fingerprint density at radius 1 is 1.36 bits per heavy atom. The van der Waals surface area contributed by atoms with Gasteiger partial charge in [0.15, 0.2) is 0 Å². The summed E-state index contributed by atoms with van der Waals surface area (Å²) in [6.07, 6.45) is 1.96. The lowest BCUT2D eigenvalue weighted by Crippen LogP contribution is -2.39. The number of methoxy groups -OCH3 is 1. The highest BCUT2D eigenvalue weighted by atomic mass is 32.2. The molecule has 1 heterocycles. The van der Waals surface area contributed by atoms with Crippen LogP contribution in [0.5, 0.6) is 0 Å². The molecule has 1 fully saturated rings. The number of sulfonamides is 1. The zero-order valence-corrected chi connectivity index (χ0v) is 13.7. The van der Waals surface area contributed by atoms with Crippen molar-refractivity contribution in [3.8, 4) is 0 Å². The van der Waals surface area contributed by atoms with Crippen molar-refractivity contribution in [2.45, 2.75) is 24.7 Å². The van der Waals surface area contributed by atoms with Gasteiger partial charge < -0.3 is 10.1 Å². The van der Waals surface area contributed by atoms with Gasteiger partial charge in [0.25, 0.3) is 0 Å². The Balaban J connectivity index is 2.10. The van der Waals surface area contributed by atoms with Gasteiger partial charge in [0.05, 0.1) is 4.90 Å². The molecule has 122 valence electrons. The van der Waals surface area contributed by atoms with E-state index in [2.05, 4.69) is 12.2 Å². The lowest BCUT2D eigenvalue weighted by atomic mass is 10.0. The van der Waals surface area contributed by atoms with Gasteiger partial charge in [-0.05, 0) is 43.0 Å². The number of hydrogen-bond acceptors (Lipinski definition) is 4. The van der Waals surface area contributed by atoms with E-state index in [0.29, 0.717) is 24.7 Å². The van der Waals surface area contributed by atoms with Crippen molar-refractivity contribution < 1.29 is 17.9 Å². The molecule has 1 aliphatic heterocycles. The van der Waals surface area contributed by atoms with Crippen LogP contribution in [0.15, 0.2) is 29.2 Å². The minimum Gasteiger partial charge on any atom is -0.375 e. The van der Waals surface area contributed by atoms with Crippen LogP contribution in [0, 0.1) is 5.92 Å². The average molecular weight is 326 g/mol. The third-order valence-corrected chi connectivity index (χ3v) is 5.55. The number of nitrogens with zero attached hydrogens (tertiary/aromatic N) is 1. The Morgan fingerprint density at radius 2 is 2.05 bits per heavy atom. The number of benzene rings is 1. The Hall–Kier alpha value is -1.44. The molecule has 1 aromatic carbocycles. The average Bonchev–Trinajstić information content (AvgIpc) is 2.48. The summed E-state index contributed by atoms with van der Waals surface area (Å²) >= 11 is 0. The maximum absolute atomic E-state index is 12.6. The molecule has 1 N–H and O–H groups in total. The molecule has 0 saturated carbocycles. The Bertz CT molecular complexity index is 613. The SMILES string of the molecule is COCC(=O)Nc1ccc(S(=O)(=O)N2CCC[C@@H](C)C2)cc1. The normalized spacial score (nSPS) is 19.8. The zero-order valence-electron chi connectivity index (χ0n) is 12.9. The van der Waals surface area contributed by atoms with Gasteiger partial charge in [-0.3, -0.25) is 4.79 Å². The second kappa shape index (κ2) is 7.21. The molecule has 0 radical (unpaired) electrons. The summed E-state index contributed by atoms with van der Waals surface area (Å²) in [5, 5.41) is 2.64. The largest absolute Gasteiger partial charge is 0.375 e. The van der Waals surface area contributed by atoms with Crippen molar-refractivity contribution in [3.05, 3.63) is 24.3 Å². The second-order valence-electron chi connectivity index (χ2n) is 5.62. The molecule has 22 heavy (non-hydrogen) atoms. The molecule has 0 bridgehead atoms. The van der Waals surface area contributed by atoms with Crippen LogP contribution < -0.4 is 5.32 Å². The highest BCUT2D eigenvalue weighted by Crippen LogP contribution is 2.24. The molecule has 1 aliphatic rings. The third-order valence-electron chi connectivity index (χ3n) is 3.67. The van der Waals surface area contributed by atoms with E-state index >= 15 is 0 Å². The number of anilines is 1. The van der Waals surface area contributed by atoms with Gasteiger partial charge in [0, 0.05) is 25.9 Å². The lowest BCUT2D eigenvalue weighted by molar-refractivity contribution is -0.119. The third kappa shape index (κ3) is 4.06. The predicted octanol–water partition coefficient (Wildman–Crippen LogP) is 1.69. The van der Waals surface area contributed by atoms with Gasteiger partial charge >= 0.3 is 0 Å². The number of nitrogens with one attached hydrogen (secondary N) is 1. The fourth-order valence-corrected chi connectivity index (χ4v) is 4.15. The summed E-state index contributed by atoms with van der Waals surface area (Å²) in [6.45, 7) is 3.16. The first kappa shape index (κ1) is 16.9. The number of ether oxygens (including phenoxy) is 1. The molecule has 0 aromatic heterocycles. The minimum absolute atomic E-state index is 0.0360. The van der Waals surface area contributed by atoms with Crippen LogP contribution in [0.2, 0.25) is 0 Å². The van der Waals surface area contributed by atoms with Gasteiger partial charge in [-0.15, -0.1) is 0 Å². The summed E-state index contributed by atoms with van der Waals surface area (Å²) < 4.78 is 31.4. The Morgan fingerprint density at radius 3 is 2.64 bits per heavy atom. The van der Waals surface area contributed by atoms with Crippen molar-refractivity contribution in [1.82, 2.24) is 4.31 Å². The summed E-state index contributed by atoms with van der Waals surface area (Å²) in [7, 11) is -2.02. The fraction of sp³-hybridized carbons (Fsp3) is 0.533. The lowest BCUT2D eigenvalue weighted by Gasteiger charge is -2.30. The standard InChI is InChI=1S/C15H22N2O4S/c1-12-4-3-9-17(10-12)22(19,20)14-7-5-13(6-8-14)16-15(18)11-21-2/h5-8,12H,3-4,9-11H2,1-2H3,(H,16,18)/t12-/m1/s1. The number of carbonyl (C=O) groups excluding carboxylic acids is 1. The van der Waals surface area contributed by atoms with Crippen molar-refractivity contribution in [3.63, 3.8) is 0 Å². The highest BCUT2D eigenvalue weighted by Gasteiger charge is 2.28. The second-order valence-corrected chi connectivity index (χ2v) is 7.55. The number of hydrogen-bond donors (Lipinski definition) is 1. The number of rotatable bonds is 5. The van der Waals surface area contributed by atoms with E-state index in [0.717, 1.165) is 12.8 Å². The minimum atomic E-state index is -3.45. The van der Waals surface area contributed by atoms with E-state index in [-0.39, 0.29) is 17.4 Å². The summed E-state index contributed by atoms with van der Waals surface area (Å²) in [6, 6.07) is 6.23. The van der Waals surface area contributed by atoms with Crippen molar-refractivity contribution in [1.29, 1.82) is 0 Å². The van der Waals surface area contributed by atoms with Gasteiger partial charge in [-0.1, -0.05) is 6.92 Å². The van der Waals surface area contributed by atoms with Crippen molar-refractivity contribution >= 4 is 21.6 Å². The van der Waals surface area contributed by atoms with E-state index in [4.69, 9.17) is 4.74 Å². The summed E-state index contributed by atoms with van der Waals surface area (Å²) in [5.41, 5.74) is 0.549. The van der Waals surface area contributed by atoms with Crippen LogP contribution in [0.1, 0.15) is 19.8 Å². The molecule has 0 aliphatic carbocycles. The topological polar surface area (TPSA) is 75.7 Å². The van der Waals surface area contributed by atoms with Crippen LogP contribution in [0.3, 0.4) is 0 Å². The quantitative estimate of drug-likeness (QED) is 0.893. The van der Waals surface area contributed by atoms with Gasteiger partial charge in [0.2, 0.25) is 15.9 Å². The maximum Gasteiger partial charge on any atom is 0.250 e. The smallest absolute Gasteiger partial charge is 0.250 e. The molecule has 0 spiro atoms. The zero-order chi connectivity index (χ0) is 16.2. The molecule has 1 aromatic rings. The van der Waals surface area contributed by atoms with Gasteiger partial charge in [-0.2, -0.15) is 4.31 Å².